The second kappa shape index (κ2) is 10.5. The van der Waals surface area contributed by atoms with Gasteiger partial charge in [0, 0.05) is 35.9 Å². The van der Waals surface area contributed by atoms with E-state index in [1.54, 1.807) is 59.9 Å². The second-order valence-electron chi connectivity index (χ2n) is 11.1. The maximum absolute atomic E-state index is 14.9. The molecule has 0 radical (unpaired) electrons. The molecule has 2 aromatic heterocycles. The molecule has 2 atom stereocenters. The molecular weight excluding hydrogens is 541 g/mol. The molecule has 11 nitrogen and oxygen atoms in total. The van der Waals surface area contributed by atoms with Gasteiger partial charge in [0.25, 0.3) is 11.8 Å². The van der Waals surface area contributed by atoms with Gasteiger partial charge in [0.05, 0.1) is 35.8 Å². The molecule has 2 aliphatic heterocycles. The molecule has 4 aromatic rings. The van der Waals surface area contributed by atoms with Crippen LogP contribution in [0.25, 0.3) is 11.3 Å². The van der Waals surface area contributed by atoms with E-state index in [-0.39, 0.29) is 29.8 Å². The smallest absolute Gasteiger partial charge is 0.269 e. The van der Waals surface area contributed by atoms with Crippen LogP contribution in [0.2, 0.25) is 0 Å². The van der Waals surface area contributed by atoms with Crippen LogP contribution in [0.3, 0.4) is 0 Å². The van der Waals surface area contributed by atoms with E-state index in [4.69, 9.17) is 4.74 Å². The van der Waals surface area contributed by atoms with Gasteiger partial charge < -0.3 is 20.5 Å². The van der Waals surface area contributed by atoms with Crippen molar-refractivity contribution in [2.45, 2.75) is 58.2 Å². The Kier molecular flexibility index (Phi) is 6.85. The van der Waals surface area contributed by atoms with Gasteiger partial charge in [0.15, 0.2) is 0 Å². The van der Waals surface area contributed by atoms with Crippen molar-refractivity contribution in [1.82, 2.24) is 24.9 Å². The molecule has 0 bridgehead atoms. The number of nitrogens with zero attached hydrogens (tertiary/aromatic N) is 5. The van der Waals surface area contributed by atoms with Gasteiger partial charge in [-0.25, -0.2) is 14.1 Å². The van der Waals surface area contributed by atoms with Crippen LogP contribution in [-0.2, 0) is 17.9 Å². The zero-order valence-electron chi connectivity index (χ0n) is 23.3. The van der Waals surface area contributed by atoms with E-state index in [0.29, 0.717) is 41.1 Å². The Morgan fingerprint density at radius 1 is 1.19 bits per heavy atom. The minimum absolute atomic E-state index is 0.0122. The third-order valence-corrected chi connectivity index (χ3v) is 6.99. The van der Waals surface area contributed by atoms with Crippen molar-refractivity contribution in [1.29, 1.82) is 0 Å². The van der Waals surface area contributed by atoms with Gasteiger partial charge in [-0.2, -0.15) is 10.2 Å². The summed E-state index contributed by atoms with van der Waals surface area (Å²) < 4.78 is 24.1. The summed E-state index contributed by atoms with van der Waals surface area (Å²) in [7, 11) is 0. The number of anilines is 1. The molecule has 1 unspecified atom stereocenters. The molecule has 2 aromatic carbocycles. The van der Waals surface area contributed by atoms with Crippen molar-refractivity contribution in [2.24, 2.45) is 4.99 Å². The first-order valence-corrected chi connectivity index (χ1v) is 13.6. The average Bonchev–Trinajstić information content (AvgIpc) is 3.52. The fraction of sp³-hybridized carbons (Fsp3) is 0.300. The van der Waals surface area contributed by atoms with Gasteiger partial charge in [-0.15, -0.1) is 0 Å². The summed E-state index contributed by atoms with van der Waals surface area (Å²) in [4.78, 5) is 32.0. The van der Waals surface area contributed by atoms with Crippen molar-refractivity contribution in [2.75, 3.05) is 5.32 Å². The number of ether oxygens (including phenoxy) is 1. The summed E-state index contributed by atoms with van der Waals surface area (Å²) in [6.07, 6.45) is 2.40. The number of aliphatic hydroxyl groups is 1. The summed E-state index contributed by atoms with van der Waals surface area (Å²) in [6.45, 7) is 6.00. The first kappa shape index (κ1) is 27.3. The van der Waals surface area contributed by atoms with Crippen LogP contribution >= 0.6 is 0 Å². The van der Waals surface area contributed by atoms with E-state index >= 15 is 0 Å². The number of benzodiazepines with no additional fused rings is 1. The van der Waals surface area contributed by atoms with Crippen LogP contribution in [0.1, 0.15) is 48.7 Å². The fourth-order valence-electron chi connectivity index (χ4n) is 5.06. The Bertz CT molecular complexity index is 1700. The maximum atomic E-state index is 14.9. The average molecular weight is 572 g/mol. The highest BCUT2D eigenvalue weighted by Gasteiger charge is 2.34. The van der Waals surface area contributed by atoms with E-state index in [0.717, 1.165) is 0 Å². The normalized spacial score (nSPS) is 18.2. The van der Waals surface area contributed by atoms with Gasteiger partial charge >= 0.3 is 0 Å². The first-order chi connectivity index (χ1) is 20.1. The molecule has 2 aliphatic rings. The molecule has 6 rings (SSSR count). The third-order valence-electron chi connectivity index (χ3n) is 6.99. The molecule has 3 N–H and O–H groups in total. The van der Waals surface area contributed by atoms with Crippen molar-refractivity contribution < 1.29 is 23.8 Å². The number of carbonyl (C=O) groups is 2. The molecule has 42 heavy (non-hydrogen) atoms. The Morgan fingerprint density at radius 2 is 1.98 bits per heavy atom. The lowest BCUT2D eigenvalue weighted by atomic mass is 10.0. The van der Waals surface area contributed by atoms with Crippen LogP contribution in [0, 0.1) is 5.82 Å². The number of amides is 2. The zero-order chi connectivity index (χ0) is 29.6. The Morgan fingerprint density at radius 3 is 2.74 bits per heavy atom. The SMILES string of the molecule is CC1CCn2nc(-c3cnn(CC(C)(C)O)c3)c(C(=O)N[C@H]3N=C(c4ccccc4)c4cccc(F)c4NC3=O)c2O1. The van der Waals surface area contributed by atoms with Crippen LogP contribution in [0.5, 0.6) is 5.88 Å². The van der Waals surface area contributed by atoms with E-state index in [9.17, 15) is 19.1 Å². The largest absolute Gasteiger partial charge is 0.474 e. The summed E-state index contributed by atoms with van der Waals surface area (Å²) in [5.41, 5.74) is 1.36. The number of aromatic nitrogens is 4. The zero-order valence-corrected chi connectivity index (χ0v) is 23.3. The van der Waals surface area contributed by atoms with Crippen LogP contribution in [0.15, 0.2) is 65.9 Å². The molecule has 12 heteroatoms. The second-order valence-corrected chi connectivity index (χ2v) is 11.1. The molecule has 216 valence electrons. The lowest BCUT2D eigenvalue weighted by Crippen LogP contribution is -2.42. The molecule has 2 amide bonds. The minimum Gasteiger partial charge on any atom is -0.474 e. The van der Waals surface area contributed by atoms with Crippen LogP contribution in [-0.4, -0.2) is 60.1 Å². The third kappa shape index (κ3) is 5.28. The minimum atomic E-state index is -1.39. The van der Waals surface area contributed by atoms with E-state index in [2.05, 4.69) is 25.8 Å². The number of hydrogen-bond acceptors (Lipinski definition) is 7. The summed E-state index contributed by atoms with van der Waals surface area (Å²) in [5, 5.41) is 24.5. The molecule has 0 saturated carbocycles. The van der Waals surface area contributed by atoms with E-state index in [1.807, 2.05) is 25.1 Å². The number of para-hydroxylation sites is 1. The number of rotatable bonds is 6. The number of hydrogen-bond donors (Lipinski definition) is 3. The predicted molar refractivity (Wildman–Crippen MR) is 153 cm³/mol. The topological polar surface area (TPSA) is 136 Å². The van der Waals surface area contributed by atoms with Crippen molar-refractivity contribution in [3.8, 4) is 17.1 Å². The van der Waals surface area contributed by atoms with Gasteiger partial charge in [-0.1, -0.05) is 42.5 Å². The maximum Gasteiger partial charge on any atom is 0.269 e. The quantitative estimate of drug-likeness (QED) is 0.325. The van der Waals surface area contributed by atoms with Crippen molar-refractivity contribution in [3.63, 3.8) is 0 Å². The van der Waals surface area contributed by atoms with Gasteiger partial charge in [0.1, 0.15) is 17.1 Å². The van der Waals surface area contributed by atoms with Gasteiger partial charge in [0.2, 0.25) is 12.0 Å². The van der Waals surface area contributed by atoms with Gasteiger partial charge in [-0.05, 0) is 26.8 Å². The van der Waals surface area contributed by atoms with Gasteiger partial charge in [-0.3, -0.25) is 14.3 Å². The predicted octanol–water partition coefficient (Wildman–Crippen LogP) is 3.37. The standard InChI is InChI=1S/C30H30FN7O4/c1-17-12-13-38-29(42-17)22(24(36-38)19-14-32-37(15-19)16-30(2,3)41)27(39)35-26-28(40)34-25-20(10-7-11-21(25)31)23(33-26)18-8-5-4-6-9-18/h4-11,14-15,17,26,41H,12-13,16H2,1-3H3,(H,34,40)(H,35,39)/t17?,26-/m1/s1. The van der Waals surface area contributed by atoms with Crippen LogP contribution in [0.4, 0.5) is 10.1 Å². The number of aryl methyl sites for hydroxylation is 1. The number of halogens is 1. The number of nitrogens with one attached hydrogen (secondary N) is 2. The molecule has 4 heterocycles. The fourth-order valence-corrected chi connectivity index (χ4v) is 5.06. The lowest BCUT2D eigenvalue weighted by Gasteiger charge is -2.22. The highest BCUT2D eigenvalue weighted by molar-refractivity contribution is 6.20. The van der Waals surface area contributed by atoms with E-state index < -0.39 is 29.4 Å². The first-order valence-electron chi connectivity index (χ1n) is 13.6. The number of fused-ring (bicyclic) bond motifs is 2. The summed E-state index contributed by atoms with van der Waals surface area (Å²) >= 11 is 0. The Balaban J connectivity index is 1.40. The number of carbonyl (C=O) groups excluding carboxylic acids is 2. The summed E-state index contributed by atoms with van der Waals surface area (Å²) in [6, 6.07) is 13.5. The van der Waals surface area contributed by atoms with E-state index in [1.165, 1.54) is 6.07 Å². The highest BCUT2D eigenvalue weighted by Crippen LogP contribution is 2.34. The number of aliphatic imine (C=N–C) groups is 1. The lowest BCUT2D eigenvalue weighted by molar-refractivity contribution is -0.117. The monoisotopic (exact) mass is 571 g/mol. The Hall–Kier alpha value is -4.84. The molecule has 0 spiro atoms. The molecule has 0 saturated heterocycles. The van der Waals surface area contributed by atoms with Crippen molar-refractivity contribution >= 4 is 23.2 Å². The summed E-state index contributed by atoms with van der Waals surface area (Å²) in [5.74, 6) is -1.68. The molecule has 0 aliphatic carbocycles. The molecule has 0 fully saturated rings. The molecular formula is C30H30FN7O4. The van der Waals surface area contributed by atoms with Crippen LogP contribution < -0.4 is 15.4 Å². The Labute approximate surface area is 241 Å². The number of benzene rings is 2. The van der Waals surface area contributed by atoms with Crippen molar-refractivity contribution in [3.05, 3.63) is 83.4 Å². The highest BCUT2D eigenvalue weighted by atomic mass is 19.1.